The minimum Gasteiger partial charge on any atom is -0.449 e. The summed E-state index contributed by atoms with van der Waals surface area (Å²) >= 11 is 0. The number of pyridine rings is 1. The van der Waals surface area contributed by atoms with Crippen LogP contribution < -0.4 is 15.4 Å². The predicted octanol–water partition coefficient (Wildman–Crippen LogP) is 3.18. The number of anilines is 2. The normalized spacial score (nSPS) is 10.9. The van der Waals surface area contributed by atoms with Gasteiger partial charge in [0.25, 0.3) is 0 Å². The Morgan fingerprint density at radius 2 is 1.96 bits per heavy atom. The molecule has 0 radical (unpaired) electrons. The number of benzene rings is 1. The SMILES string of the molecule is CC(C)N(C)c1nc2cc(OC(=O)O)ccc2nc1-c1ccc(N)nc1. The maximum absolute atomic E-state index is 10.8. The van der Waals surface area contributed by atoms with Gasteiger partial charge in [0, 0.05) is 30.9 Å². The molecule has 0 amide bonds. The van der Waals surface area contributed by atoms with Gasteiger partial charge in [0.1, 0.15) is 17.3 Å². The third-order valence-corrected chi connectivity index (χ3v) is 3.99. The number of fused-ring (bicyclic) bond motifs is 1. The molecule has 0 unspecified atom stereocenters. The summed E-state index contributed by atoms with van der Waals surface area (Å²) in [6.45, 7) is 4.09. The zero-order valence-electron chi connectivity index (χ0n) is 14.7. The lowest BCUT2D eigenvalue weighted by Crippen LogP contribution is -2.27. The zero-order valence-corrected chi connectivity index (χ0v) is 14.7. The Hall–Kier alpha value is -3.42. The third kappa shape index (κ3) is 3.49. The summed E-state index contributed by atoms with van der Waals surface area (Å²) in [6, 6.07) is 8.51. The highest BCUT2D eigenvalue weighted by molar-refractivity contribution is 5.84. The number of aromatic nitrogens is 3. The van der Waals surface area contributed by atoms with E-state index in [1.54, 1.807) is 30.5 Å². The van der Waals surface area contributed by atoms with E-state index in [-0.39, 0.29) is 11.8 Å². The van der Waals surface area contributed by atoms with E-state index in [1.165, 1.54) is 0 Å². The van der Waals surface area contributed by atoms with Gasteiger partial charge in [-0.3, -0.25) is 0 Å². The van der Waals surface area contributed by atoms with Crippen molar-refractivity contribution in [3.63, 3.8) is 0 Å². The molecular weight excluding hydrogens is 334 g/mol. The second-order valence-corrected chi connectivity index (χ2v) is 6.09. The van der Waals surface area contributed by atoms with Crippen molar-refractivity contribution in [2.24, 2.45) is 0 Å². The highest BCUT2D eigenvalue weighted by Gasteiger charge is 2.17. The first kappa shape index (κ1) is 17.4. The third-order valence-electron chi connectivity index (χ3n) is 3.99. The van der Waals surface area contributed by atoms with Gasteiger partial charge in [0.2, 0.25) is 0 Å². The fourth-order valence-corrected chi connectivity index (χ4v) is 2.42. The maximum atomic E-state index is 10.8. The number of carboxylic acid groups (broad SMARTS) is 1. The lowest BCUT2D eigenvalue weighted by molar-refractivity contribution is 0.144. The van der Waals surface area contributed by atoms with Crippen molar-refractivity contribution in [2.75, 3.05) is 17.7 Å². The first-order chi connectivity index (χ1) is 12.3. The summed E-state index contributed by atoms with van der Waals surface area (Å²) in [5, 5.41) is 8.79. The smallest absolute Gasteiger partial charge is 0.449 e. The lowest BCUT2D eigenvalue weighted by atomic mass is 10.1. The molecule has 8 nitrogen and oxygen atoms in total. The van der Waals surface area contributed by atoms with Crippen molar-refractivity contribution >= 4 is 28.8 Å². The number of rotatable bonds is 4. The number of nitrogen functional groups attached to an aromatic ring is 1. The summed E-state index contributed by atoms with van der Waals surface area (Å²) in [5.74, 6) is 1.28. The Labute approximate surface area is 150 Å². The maximum Gasteiger partial charge on any atom is 0.511 e. The molecule has 0 saturated heterocycles. The molecule has 2 aromatic heterocycles. The van der Waals surface area contributed by atoms with Crippen molar-refractivity contribution in [3.8, 4) is 17.0 Å². The van der Waals surface area contributed by atoms with Gasteiger partial charge in [-0.2, -0.15) is 0 Å². The minimum absolute atomic E-state index is 0.181. The van der Waals surface area contributed by atoms with Crippen LogP contribution in [0.15, 0.2) is 36.5 Å². The second kappa shape index (κ2) is 6.83. The average Bonchev–Trinajstić information content (AvgIpc) is 2.60. The zero-order chi connectivity index (χ0) is 18.8. The summed E-state index contributed by atoms with van der Waals surface area (Å²) in [5.41, 5.74) is 8.31. The number of hydrogen-bond acceptors (Lipinski definition) is 7. The molecule has 8 heteroatoms. The molecule has 0 bridgehead atoms. The van der Waals surface area contributed by atoms with Gasteiger partial charge in [-0.1, -0.05) is 0 Å². The Morgan fingerprint density at radius 3 is 2.58 bits per heavy atom. The number of nitrogens with zero attached hydrogens (tertiary/aromatic N) is 4. The molecule has 0 aliphatic heterocycles. The molecule has 0 fully saturated rings. The van der Waals surface area contributed by atoms with Crippen molar-refractivity contribution < 1.29 is 14.6 Å². The molecule has 134 valence electrons. The van der Waals surface area contributed by atoms with Crippen LogP contribution in [0.5, 0.6) is 5.75 Å². The largest absolute Gasteiger partial charge is 0.511 e. The first-order valence-electron chi connectivity index (χ1n) is 8.02. The van der Waals surface area contributed by atoms with E-state index >= 15 is 0 Å². The van der Waals surface area contributed by atoms with Crippen molar-refractivity contribution in [2.45, 2.75) is 19.9 Å². The molecule has 0 aliphatic carbocycles. The highest BCUT2D eigenvalue weighted by atomic mass is 16.7. The van der Waals surface area contributed by atoms with Gasteiger partial charge < -0.3 is 20.5 Å². The van der Waals surface area contributed by atoms with Crippen LogP contribution in [-0.4, -0.2) is 39.3 Å². The molecule has 0 spiro atoms. The molecule has 3 rings (SSSR count). The molecule has 0 aliphatic rings. The van der Waals surface area contributed by atoms with Gasteiger partial charge in [-0.25, -0.2) is 19.7 Å². The Kier molecular flexibility index (Phi) is 4.57. The van der Waals surface area contributed by atoms with Crippen LogP contribution in [0.1, 0.15) is 13.8 Å². The van der Waals surface area contributed by atoms with Crippen LogP contribution in [0, 0.1) is 0 Å². The fourth-order valence-electron chi connectivity index (χ4n) is 2.42. The lowest BCUT2D eigenvalue weighted by Gasteiger charge is -2.25. The number of carbonyl (C=O) groups is 1. The summed E-state index contributed by atoms with van der Waals surface area (Å²) in [4.78, 5) is 26.3. The fraction of sp³-hybridized carbons (Fsp3) is 0.222. The monoisotopic (exact) mass is 353 g/mol. The second-order valence-electron chi connectivity index (χ2n) is 6.09. The van der Waals surface area contributed by atoms with E-state index in [0.717, 1.165) is 5.56 Å². The number of hydrogen-bond donors (Lipinski definition) is 2. The topological polar surface area (TPSA) is 114 Å². The van der Waals surface area contributed by atoms with Crippen LogP contribution in [0.3, 0.4) is 0 Å². The Morgan fingerprint density at radius 1 is 1.19 bits per heavy atom. The molecule has 3 N–H and O–H groups in total. The summed E-state index contributed by atoms with van der Waals surface area (Å²) < 4.78 is 4.71. The first-order valence-corrected chi connectivity index (χ1v) is 8.02. The van der Waals surface area contributed by atoms with E-state index < -0.39 is 6.16 Å². The predicted molar refractivity (Wildman–Crippen MR) is 99.4 cm³/mol. The molecule has 26 heavy (non-hydrogen) atoms. The van der Waals surface area contributed by atoms with E-state index in [4.69, 9.17) is 25.5 Å². The highest BCUT2D eigenvalue weighted by Crippen LogP contribution is 2.31. The van der Waals surface area contributed by atoms with Crippen molar-refractivity contribution in [3.05, 3.63) is 36.5 Å². The van der Waals surface area contributed by atoms with Gasteiger partial charge in [0.15, 0.2) is 5.82 Å². The Balaban J connectivity index is 2.19. The quantitative estimate of drug-likeness (QED) is 0.543. The summed E-state index contributed by atoms with van der Waals surface area (Å²) in [7, 11) is 1.92. The van der Waals surface area contributed by atoms with E-state index in [2.05, 4.69) is 4.98 Å². The Bertz CT molecular complexity index is 957. The van der Waals surface area contributed by atoms with Crippen molar-refractivity contribution in [1.29, 1.82) is 0 Å². The van der Waals surface area contributed by atoms with Crippen LogP contribution in [-0.2, 0) is 0 Å². The van der Waals surface area contributed by atoms with Crippen LogP contribution >= 0.6 is 0 Å². The molecule has 2 heterocycles. The molecule has 1 aromatic carbocycles. The van der Waals surface area contributed by atoms with E-state index in [1.807, 2.05) is 31.9 Å². The number of ether oxygens (including phenoxy) is 1. The van der Waals surface area contributed by atoms with Gasteiger partial charge in [-0.15, -0.1) is 0 Å². The number of nitrogens with two attached hydrogens (primary N) is 1. The minimum atomic E-state index is -1.37. The standard InChI is InChI=1S/C18H19N5O3/c1-10(2)23(3)17-16(11-4-7-15(19)20-9-11)21-13-6-5-12(26-18(24)25)8-14(13)22-17/h4-10H,1-3H3,(H2,19,20)(H,24,25). The summed E-state index contributed by atoms with van der Waals surface area (Å²) in [6.07, 6.45) is 0.284. The van der Waals surface area contributed by atoms with E-state index in [9.17, 15) is 4.79 Å². The van der Waals surface area contributed by atoms with Crippen molar-refractivity contribution in [1.82, 2.24) is 15.0 Å². The molecule has 3 aromatic rings. The van der Waals surface area contributed by atoms with Gasteiger partial charge in [-0.05, 0) is 38.1 Å². The van der Waals surface area contributed by atoms with Crippen LogP contribution in [0.2, 0.25) is 0 Å². The van der Waals surface area contributed by atoms with Gasteiger partial charge >= 0.3 is 6.16 Å². The molecule has 0 saturated carbocycles. The van der Waals surface area contributed by atoms with E-state index in [0.29, 0.717) is 28.4 Å². The molecular formula is C18H19N5O3. The van der Waals surface area contributed by atoms with Crippen LogP contribution in [0.4, 0.5) is 16.4 Å². The van der Waals surface area contributed by atoms with Crippen LogP contribution in [0.25, 0.3) is 22.3 Å². The average molecular weight is 353 g/mol. The molecule has 0 atom stereocenters. The van der Waals surface area contributed by atoms with Gasteiger partial charge in [0.05, 0.1) is 11.0 Å².